The van der Waals surface area contributed by atoms with Crippen LogP contribution in [0.25, 0.3) is 5.78 Å². The molecule has 2 fully saturated rings. The van der Waals surface area contributed by atoms with E-state index in [0.717, 1.165) is 44.1 Å². The SMILES string of the molecule is CCNC(C)C(=O)NC(C(=O)N1CCCC1CN(CCc1ccccc1)C(=O)c1cn2cccnc2n1)C1CCCCC1. The Balaban J connectivity index is 1.36. The second-order valence-corrected chi connectivity index (χ2v) is 11.9. The van der Waals surface area contributed by atoms with Crippen LogP contribution in [0, 0.1) is 5.92 Å². The normalized spacial score (nSPS) is 18.8. The van der Waals surface area contributed by atoms with E-state index in [1.165, 1.54) is 6.42 Å². The highest BCUT2D eigenvalue weighted by atomic mass is 16.2. The van der Waals surface area contributed by atoms with Crippen LogP contribution in [0.15, 0.2) is 55.0 Å². The van der Waals surface area contributed by atoms with E-state index in [1.54, 1.807) is 22.9 Å². The molecule has 5 rings (SSSR count). The molecule has 10 nitrogen and oxygen atoms in total. The summed E-state index contributed by atoms with van der Waals surface area (Å²) in [5.41, 5.74) is 1.48. The maximum atomic E-state index is 14.3. The molecule has 2 N–H and O–H groups in total. The minimum Gasteiger partial charge on any atom is -0.343 e. The van der Waals surface area contributed by atoms with Crippen molar-refractivity contribution >= 4 is 23.5 Å². The number of fused-ring (bicyclic) bond motifs is 1. The van der Waals surface area contributed by atoms with Gasteiger partial charge in [-0.25, -0.2) is 9.97 Å². The minimum atomic E-state index is -0.549. The molecule has 2 aliphatic rings. The Hall–Kier alpha value is -3.79. The highest BCUT2D eigenvalue weighted by molar-refractivity contribution is 5.93. The lowest BCUT2D eigenvalue weighted by molar-refractivity contribution is -0.139. The van der Waals surface area contributed by atoms with Crippen molar-refractivity contribution in [3.8, 4) is 0 Å². The third-order valence-corrected chi connectivity index (χ3v) is 8.94. The predicted molar refractivity (Wildman–Crippen MR) is 165 cm³/mol. The van der Waals surface area contributed by atoms with Crippen LogP contribution in [0.1, 0.15) is 74.8 Å². The minimum absolute atomic E-state index is 0.0150. The summed E-state index contributed by atoms with van der Waals surface area (Å²) in [5, 5.41) is 6.31. The van der Waals surface area contributed by atoms with Crippen molar-refractivity contribution in [1.29, 1.82) is 0 Å². The topological polar surface area (TPSA) is 112 Å². The van der Waals surface area contributed by atoms with Crippen LogP contribution in [0.2, 0.25) is 0 Å². The maximum Gasteiger partial charge on any atom is 0.274 e. The van der Waals surface area contributed by atoms with Gasteiger partial charge in [0.1, 0.15) is 11.7 Å². The van der Waals surface area contributed by atoms with Gasteiger partial charge in [-0.3, -0.25) is 18.8 Å². The highest BCUT2D eigenvalue weighted by Crippen LogP contribution is 2.30. The summed E-state index contributed by atoms with van der Waals surface area (Å²) in [7, 11) is 0. The molecule has 1 saturated heterocycles. The van der Waals surface area contributed by atoms with Crippen LogP contribution in [0.4, 0.5) is 0 Å². The molecule has 0 bridgehead atoms. The first-order chi connectivity index (χ1) is 20.9. The zero-order valence-electron chi connectivity index (χ0n) is 25.5. The fourth-order valence-corrected chi connectivity index (χ4v) is 6.55. The van der Waals surface area contributed by atoms with Crippen molar-refractivity contribution < 1.29 is 14.4 Å². The average molecular weight is 588 g/mol. The first kappa shape index (κ1) is 30.7. The Bertz CT molecular complexity index is 1340. The second kappa shape index (κ2) is 14.6. The Kier molecular flexibility index (Phi) is 10.4. The Labute approximate surface area is 254 Å². The Morgan fingerprint density at radius 3 is 2.58 bits per heavy atom. The van der Waals surface area contributed by atoms with Crippen LogP contribution in [0.5, 0.6) is 0 Å². The predicted octanol–water partition coefficient (Wildman–Crippen LogP) is 3.47. The molecule has 1 aromatic carbocycles. The van der Waals surface area contributed by atoms with E-state index in [1.807, 2.05) is 48.0 Å². The van der Waals surface area contributed by atoms with Gasteiger partial charge < -0.3 is 20.4 Å². The summed E-state index contributed by atoms with van der Waals surface area (Å²) in [5.74, 6) is 0.281. The van der Waals surface area contributed by atoms with Crippen molar-refractivity contribution in [3.05, 3.63) is 66.2 Å². The third kappa shape index (κ3) is 7.60. The van der Waals surface area contributed by atoms with Crippen LogP contribution in [-0.2, 0) is 16.0 Å². The largest absolute Gasteiger partial charge is 0.343 e. The third-order valence-electron chi connectivity index (χ3n) is 8.94. The smallest absolute Gasteiger partial charge is 0.274 e. The number of carbonyl (C=O) groups excluding carboxylic acids is 3. The number of amides is 3. The molecule has 3 atom stereocenters. The molecule has 1 aliphatic heterocycles. The maximum absolute atomic E-state index is 14.3. The number of nitrogens with one attached hydrogen (secondary N) is 2. The van der Waals surface area contributed by atoms with Crippen LogP contribution < -0.4 is 10.6 Å². The van der Waals surface area contributed by atoms with Gasteiger partial charge in [0.05, 0.1) is 6.04 Å². The summed E-state index contributed by atoms with van der Waals surface area (Å²) >= 11 is 0. The van der Waals surface area contributed by atoms with Gasteiger partial charge in [-0.05, 0) is 63.1 Å². The molecule has 10 heteroatoms. The number of nitrogens with zero attached hydrogens (tertiary/aromatic N) is 5. The number of hydrogen-bond acceptors (Lipinski definition) is 6. The summed E-state index contributed by atoms with van der Waals surface area (Å²) in [6.45, 7) is 6.04. The number of likely N-dealkylation sites (tertiary alicyclic amines) is 1. The molecule has 230 valence electrons. The number of aromatic nitrogens is 3. The second-order valence-electron chi connectivity index (χ2n) is 11.9. The molecule has 0 spiro atoms. The first-order valence-corrected chi connectivity index (χ1v) is 15.9. The Morgan fingerprint density at radius 2 is 1.84 bits per heavy atom. The van der Waals surface area contributed by atoms with E-state index in [2.05, 4.69) is 32.7 Å². The number of likely N-dealkylation sites (N-methyl/N-ethyl adjacent to an activating group) is 1. The van der Waals surface area contributed by atoms with E-state index in [4.69, 9.17) is 0 Å². The van der Waals surface area contributed by atoms with E-state index < -0.39 is 6.04 Å². The number of rotatable bonds is 12. The lowest BCUT2D eigenvalue weighted by atomic mass is 9.83. The van der Waals surface area contributed by atoms with Crippen molar-refractivity contribution in [3.63, 3.8) is 0 Å². The number of benzene rings is 1. The zero-order chi connectivity index (χ0) is 30.2. The van der Waals surface area contributed by atoms with Gasteiger partial charge in [0.15, 0.2) is 0 Å². The van der Waals surface area contributed by atoms with Gasteiger partial charge in [-0.2, -0.15) is 0 Å². The summed E-state index contributed by atoms with van der Waals surface area (Å²) in [4.78, 5) is 53.8. The van der Waals surface area contributed by atoms with Crippen molar-refractivity contribution in [2.75, 3.05) is 26.2 Å². The van der Waals surface area contributed by atoms with Crippen molar-refractivity contribution in [2.24, 2.45) is 5.92 Å². The van der Waals surface area contributed by atoms with E-state index >= 15 is 0 Å². The molecule has 3 amide bonds. The Morgan fingerprint density at radius 1 is 1.05 bits per heavy atom. The van der Waals surface area contributed by atoms with E-state index in [9.17, 15) is 14.4 Å². The molecular weight excluding hydrogens is 542 g/mol. The van der Waals surface area contributed by atoms with Crippen molar-refractivity contribution in [2.45, 2.75) is 83.3 Å². The zero-order valence-corrected chi connectivity index (χ0v) is 25.5. The molecule has 0 radical (unpaired) electrons. The summed E-state index contributed by atoms with van der Waals surface area (Å²) in [6.07, 6.45) is 12.8. The number of imidazole rings is 1. The molecular formula is C33H45N7O3. The fraction of sp³-hybridized carbons (Fsp3) is 0.545. The molecule has 43 heavy (non-hydrogen) atoms. The average Bonchev–Trinajstić information content (AvgIpc) is 3.69. The summed E-state index contributed by atoms with van der Waals surface area (Å²) < 4.78 is 1.75. The molecule has 1 aliphatic carbocycles. The van der Waals surface area contributed by atoms with E-state index in [-0.39, 0.29) is 35.7 Å². The molecule has 1 saturated carbocycles. The molecule has 2 aromatic heterocycles. The monoisotopic (exact) mass is 587 g/mol. The molecule has 3 aromatic rings. The van der Waals surface area contributed by atoms with Gasteiger partial charge in [-0.15, -0.1) is 0 Å². The van der Waals surface area contributed by atoms with Gasteiger partial charge >= 0.3 is 0 Å². The summed E-state index contributed by atoms with van der Waals surface area (Å²) in [6, 6.07) is 10.9. The van der Waals surface area contributed by atoms with Gasteiger partial charge in [0.25, 0.3) is 5.91 Å². The van der Waals surface area contributed by atoms with Crippen LogP contribution >= 0.6 is 0 Å². The van der Waals surface area contributed by atoms with Crippen molar-refractivity contribution in [1.82, 2.24) is 34.8 Å². The standard InChI is InChI=1S/C33H45N7O3/c1-3-34-24(2)30(41)37-29(26-14-8-5-9-15-26)32(43)40-20-10-16-27(40)22-38(21-17-25-12-6-4-7-13-25)31(42)28-23-39-19-11-18-35-33(39)36-28/h4,6-7,11-13,18-19,23-24,26-27,29,34H,3,5,8-10,14-17,20-22H2,1-2H3,(H,37,41). The lowest BCUT2D eigenvalue weighted by Crippen LogP contribution is -2.57. The first-order valence-electron chi connectivity index (χ1n) is 15.9. The van der Waals surface area contributed by atoms with Crippen LogP contribution in [-0.4, -0.2) is 86.2 Å². The van der Waals surface area contributed by atoms with Crippen LogP contribution in [0.3, 0.4) is 0 Å². The molecule has 3 unspecified atom stereocenters. The lowest BCUT2D eigenvalue weighted by Gasteiger charge is -2.37. The highest BCUT2D eigenvalue weighted by Gasteiger charge is 2.39. The van der Waals surface area contributed by atoms with Gasteiger partial charge in [0, 0.05) is 44.3 Å². The fourth-order valence-electron chi connectivity index (χ4n) is 6.55. The molecule has 3 heterocycles. The van der Waals surface area contributed by atoms with Gasteiger partial charge in [0.2, 0.25) is 17.6 Å². The number of carbonyl (C=O) groups is 3. The number of hydrogen-bond donors (Lipinski definition) is 2. The van der Waals surface area contributed by atoms with Gasteiger partial charge in [-0.1, -0.05) is 56.5 Å². The van der Waals surface area contributed by atoms with E-state index in [0.29, 0.717) is 44.1 Å². The quantitative estimate of drug-likeness (QED) is 0.336.